The molecule has 0 aliphatic heterocycles. The molecule has 0 spiro atoms. The van der Waals surface area contributed by atoms with Gasteiger partial charge in [-0.05, 0) is 54.1 Å². The summed E-state index contributed by atoms with van der Waals surface area (Å²) in [5.74, 6) is 2.45. The van der Waals surface area contributed by atoms with Crippen LogP contribution in [0.2, 0.25) is 0 Å². The maximum Gasteiger partial charge on any atom is 0.150 e. The number of ether oxygens (including phenoxy) is 1. The van der Waals surface area contributed by atoms with E-state index in [1.807, 2.05) is 27.7 Å². The third-order valence-electron chi connectivity index (χ3n) is 9.05. The Morgan fingerprint density at radius 3 is 1.88 bits per heavy atom. The number of H-pyrrole nitrogens is 1. The number of nitrogens with two attached hydrogens (primary N) is 1. The van der Waals surface area contributed by atoms with Gasteiger partial charge in [0.1, 0.15) is 29.0 Å². The van der Waals surface area contributed by atoms with Crippen LogP contribution in [0.15, 0.2) is 18.2 Å². The third kappa shape index (κ3) is 22.9. The average molecular weight is 713 g/mol. The van der Waals surface area contributed by atoms with Crippen molar-refractivity contribution in [2.75, 3.05) is 18.9 Å². The third-order valence-corrected chi connectivity index (χ3v) is 9.05. The number of fused-ring (bicyclic) bond motifs is 3. The van der Waals surface area contributed by atoms with Crippen LogP contribution in [0.4, 0.5) is 5.82 Å². The summed E-state index contributed by atoms with van der Waals surface area (Å²) in [4.78, 5) is 23.1. The Morgan fingerprint density at radius 1 is 0.824 bits per heavy atom. The number of aryl methyl sites for hydroxylation is 2. The van der Waals surface area contributed by atoms with Crippen molar-refractivity contribution in [3.63, 3.8) is 0 Å². The molecule has 1 fully saturated rings. The van der Waals surface area contributed by atoms with E-state index in [0.29, 0.717) is 18.8 Å². The Bertz CT molecular complexity index is 1250. The molecule has 0 unspecified atom stereocenters. The highest BCUT2D eigenvalue weighted by atomic mass is 16.5. The molecule has 2 aromatic heterocycles. The van der Waals surface area contributed by atoms with E-state index in [-0.39, 0.29) is 10.8 Å². The molecule has 51 heavy (non-hydrogen) atoms. The highest BCUT2D eigenvalue weighted by molar-refractivity contribution is 6.06. The van der Waals surface area contributed by atoms with E-state index in [1.54, 1.807) is 0 Å². The van der Waals surface area contributed by atoms with Gasteiger partial charge in [-0.25, -0.2) is 9.97 Å². The van der Waals surface area contributed by atoms with Crippen molar-refractivity contribution in [1.82, 2.24) is 15.0 Å². The molecule has 6 nitrogen and oxygen atoms in total. The number of carbonyl (C=O) groups is 1. The maximum atomic E-state index is 10.4. The molecule has 1 aliphatic carbocycles. The number of benzene rings is 1. The molecule has 1 aliphatic rings. The topological polar surface area (TPSA) is 93.9 Å². The minimum Gasteiger partial charge on any atom is -0.382 e. The zero-order valence-electron chi connectivity index (χ0n) is 36.2. The number of imidazole rings is 1. The number of aldehydes is 1. The number of nitrogen functional groups attached to an aromatic ring is 1. The molecule has 0 bridgehead atoms. The quantitative estimate of drug-likeness (QED) is 0.114. The second-order valence-electron chi connectivity index (χ2n) is 15.4. The molecular weight excluding hydrogens is 629 g/mol. The first-order chi connectivity index (χ1) is 24.3. The van der Waals surface area contributed by atoms with Crippen molar-refractivity contribution in [3.05, 3.63) is 29.6 Å². The van der Waals surface area contributed by atoms with Gasteiger partial charge >= 0.3 is 0 Å². The summed E-state index contributed by atoms with van der Waals surface area (Å²) in [7, 11) is 0. The number of nitrogens with zero attached hydrogens (tertiary/aromatic N) is 2. The lowest BCUT2D eigenvalue weighted by Crippen LogP contribution is -2.25. The standard InChI is InChI=1S/C20H28N4.C12H24O2.C5H12.C4H8.2C2H6/c1-3-5-7-8-9-14-11-12-15-16(13-14)22-20(21)19-18(15)23-17(24-19)10-6-4-2;1-6-11(2,3)9-14-10-12(4,5)7-8-13;1-4-5(2)3;1-2-4-3-1;2*1-2/h11-13H,3-10H2,1-2H3,(H2,21,22)(H,23,24);8H,6-7,9-10H2,1-5H3;5H,4H2,1-3H3;1-4H2;2*1-2H3. The molecule has 0 saturated heterocycles. The van der Waals surface area contributed by atoms with Gasteiger partial charge < -0.3 is 20.2 Å². The van der Waals surface area contributed by atoms with Crippen LogP contribution in [0.1, 0.15) is 192 Å². The fraction of sp³-hybridized carbons (Fsp3) is 0.756. The smallest absolute Gasteiger partial charge is 0.150 e. The van der Waals surface area contributed by atoms with E-state index in [4.69, 9.17) is 15.5 Å². The molecule has 296 valence electrons. The molecule has 1 aromatic carbocycles. The van der Waals surface area contributed by atoms with E-state index in [1.165, 1.54) is 63.4 Å². The molecule has 4 rings (SSSR count). The van der Waals surface area contributed by atoms with Gasteiger partial charge in [-0.15, -0.1) is 0 Å². The van der Waals surface area contributed by atoms with Crippen LogP contribution in [0.5, 0.6) is 0 Å². The number of aromatic nitrogens is 3. The van der Waals surface area contributed by atoms with Crippen molar-refractivity contribution in [3.8, 4) is 0 Å². The van der Waals surface area contributed by atoms with E-state index in [9.17, 15) is 4.79 Å². The van der Waals surface area contributed by atoms with E-state index >= 15 is 0 Å². The molecule has 3 N–H and O–H groups in total. The highest BCUT2D eigenvalue weighted by Crippen LogP contribution is 2.28. The summed E-state index contributed by atoms with van der Waals surface area (Å²) in [5, 5.41) is 1.09. The summed E-state index contributed by atoms with van der Waals surface area (Å²) in [6.45, 7) is 31.2. The summed E-state index contributed by atoms with van der Waals surface area (Å²) >= 11 is 0. The minimum absolute atomic E-state index is 0.0223. The Labute approximate surface area is 316 Å². The molecule has 2 heterocycles. The number of hydrogen-bond donors (Lipinski definition) is 2. The maximum absolute atomic E-state index is 10.4. The molecule has 0 amide bonds. The number of carbonyl (C=O) groups excluding carboxylic acids is 1. The van der Waals surface area contributed by atoms with Gasteiger partial charge in [-0.3, -0.25) is 0 Å². The average Bonchev–Trinajstić information content (AvgIpc) is 3.52. The predicted octanol–water partition coefficient (Wildman–Crippen LogP) is 13.9. The molecule has 0 atom stereocenters. The van der Waals surface area contributed by atoms with E-state index in [2.05, 4.69) is 97.4 Å². The summed E-state index contributed by atoms with van der Waals surface area (Å²) in [6.07, 6.45) is 19.4. The molecule has 6 heteroatoms. The number of rotatable bonds is 16. The van der Waals surface area contributed by atoms with Crippen molar-refractivity contribution >= 4 is 34.0 Å². The van der Waals surface area contributed by atoms with Gasteiger partial charge in [0.2, 0.25) is 0 Å². The number of unbranched alkanes of at least 4 members (excludes halogenated alkanes) is 4. The van der Waals surface area contributed by atoms with Crippen LogP contribution in [0.3, 0.4) is 0 Å². The minimum atomic E-state index is -0.0223. The summed E-state index contributed by atoms with van der Waals surface area (Å²) in [5.41, 5.74) is 10.5. The first-order valence-corrected chi connectivity index (χ1v) is 20.9. The molecule has 0 radical (unpaired) electrons. The lowest BCUT2D eigenvalue weighted by molar-refractivity contribution is -0.110. The number of aromatic amines is 1. The van der Waals surface area contributed by atoms with Gasteiger partial charge in [0.25, 0.3) is 0 Å². The van der Waals surface area contributed by atoms with Crippen LogP contribution < -0.4 is 5.73 Å². The first kappa shape index (κ1) is 50.6. The van der Waals surface area contributed by atoms with Gasteiger partial charge in [-0.1, -0.05) is 167 Å². The zero-order valence-corrected chi connectivity index (χ0v) is 36.2. The number of anilines is 1. The lowest BCUT2D eigenvalue weighted by Gasteiger charge is -2.27. The van der Waals surface area contributed by atoms with Gasteiger partial charge in [-0.2, -0.15) is 0 Å². The van der Waals surface area contributed by atoms with Gasteiger partial charge in [0, 0.05) is 18.2 Å². The number of nitrogens with one attached hydrogen (secondary N) is 1. The van der Waals surface area contributed by atoms with Crippen LogP contribution in [-0.2, 0) is 22.4 Å². The Morgan fingerprint density at radius 2 is 1.39 bits per heavy atom. The Balaban J connectivity index is 0. The Kier molecular flexibility index (Phi) is 29.8. The largest absolute Gasteiger partial charge is 0.382 e. The monoisotopic (exact) mass is 713 g/mol. The SMILES string of the molecule is C1CCC1.CC.CC.CCC(C)(C)COCC(C)(C)CC=O.CCC(C)C.CCCCCCc1ccc2c(c1)nc(N)c1[nH]c(CCCC)nc12. The fourth-order valence-electron chi connectivity index (χ4n) is 4.47. The van der Waals surface area contributed by atoms with Crippen LogP contribution >= 0.6 is 0 Å². The summed E-state index contributed by atoms with van der Waals surface area (Å²) in [6, 6.07) is 6.55. The molecule has 3 aromatic rings. The van der Waals surface area contributed by atoms with Gasteiger partial charge in [0.05, 0.1) is 18.7 Å². The van der Waals surface area contributed by atoms with E-state index < -0.39 is 0 Å². The van der Waals surface area contributed by atoms with Crippen LogP contribution in [0, 0.1) is 16.7 Å². The zero-order chi connectivity index (χ0) is 39.3. The summed E-state index contributed by atoms with van der Waals surface area (Å²) < 4.78 is 5.65. The molecule has 1 saturated carbocycles. The first-order valence-electron chi connectivity index (χ1n) is 20.9. The highest BCUT2D eigenvalue weighted by Gasteiger charge is 2.21. The van der Waals surface area contributed by atoms with Crippen molar-refractivity contribution < 1.29 is 9.53 Å². The normalized spacial score (nSPS) is 12.1. The fourth-order valence-corrected chi connectivity index (χ4v) is 4.47. The van der Waals surface area contributed by atoms with Crippen molar-refractivity contribution in [2.24, 2.45) is 16.7 Å². The second kappa shape index (κ2) is 30.0. The molecular formula is C45H84N4O2. The van der Waals surface area contributed by atoms with Crippen LogP contribution in [0.25, 0.3) is 21.9 Å². The number of pyridine rings is 1. The lowest BCUT2D eigenvalue weighted by atomic mass is 9.90. The van der Waals surface area contributed by atoms with Gasteiger partial charge in [0.15, 0.2) is 0 Å². The van der Waals surface area contributed by atoms with E-state index in [0.717, 1.165) is 78.7 Å². The van der Waals surface area contributed by atoms with Crippen molar-refractivity contribution in [2.45, 2.75) is 193 Å². The second-order valence-corrected chi connectivity index (χ2v) is 15.4. The predicted molar refractivity (Wildman–Crippen MR) is 228 cm³/mol. The number of hydrogen-bond acceptors (Lipinski definition) is 5. The van der Waals surface area contributed by atoms with Crippen LogP contribution in [-0.4, -0.2) is 34.5 Å². The van der Waals surface area contributed by atoms with Crippen molar-refractivity contribution in [1.29, 1.82) is 0 Å². The Hall–Kier alpha value is -2.47.